The van der Waals surface area contributed by atoms with E-state index >= 15 is 0 Å². The zero-order valence-electron chi connectivity index (χ0n) is 11.4. The summed E-state index contributed by atoms with van der Waals surface area (Å²) in [4.78, 5) is 0. The van der Waals surface area contributed by atoms with Crippen LogP contribution in [0.2, 0.25) is 0 Å². The molecule has 0 saturated carbocycles. The van der Waals surface area contributed by atoms with Crippen LogP contribution in [0.4, 0.5) is 0 Å². The fourth-order valence-electron chi connectivity index (χ4n) is 2.02. The number of aryl methyl sites for hydroxylation is 1. The topological polar surface area (TPSA) is 12.0 Å². The fraction of sp³-hybridized carbons (Fsp3) is 0.500. The summed E-state index contributed by atoms with van der Waals surface area (Å²) >= 11 is 0. The van der Waals surface area contributed by atoms with Crippen molar-refractivity contribution in [3.05, 3.63) is 48.0 Å². The van der Waals surface area contributed by atoms with Crippen LogP contribution in [0.1, 0.15) is 50.8 Å². The van der Waals surface area contributed by atoms with Crippen molar-refractivity contribution in [1.82, 2.24) is 5.32 Å². The minimum atomic E-state index is 0.417. The summed E-state index contributed by atoms with van der Waals surface area (Å²) in [6.45, 7) is 10.4. The molecule has 0 spiro atoms. The molecule has 0 bridgehead atoms. The lowest BCUT2D eigenvalue weighted by Crippen LogP contribution is -2.28. The molecule has 0 aromatic heterocycles. The Morgan fingerprint density at radius 2 is 1.88 bits per heavy atom. The minimum absolute atomic E-state index is 0.417. The maximum atomic E-state index is 3.76. The molecule has 1 rings (SSSR count). The van der Waals surface area contributed by atoms with Crippen molar-refractivity contribution in [3.8, 4) is 0 Å². The van der Waals surface area contributed by atoms with Crippen LogP contribution in [-0.2, 0) is 6.42 Å². The lowest BCUT2D eigenvalue weighted by Gasteiger charge is -2.20. The molecule has 17 heavy (non-hydrogen) atoms. The van der Waals surface area contributed by atoms with E-state index in [0.29, 0.717) is 12.1 Å². The zero-order chi connectivity index (χ0) is 12.7. The average Bonchev–Trinajstić information content (AvgIpc) is 2.36. The Morgan fingerprint density at radius 3 is 2.41 bits per heavy atom. The normalized spacial score (nSPS) is 14.3. The molecule has 1 aromatic rings. The third-order valence-corrected chi connectivity index (χ3v) is 3.23. The maximum Gasteiger partial charge on any atom is 0.0294 e. The van der Waals surface area contributed by atoms with Crippen molar-refractivity contribution in [2.24, 2.45) is 0 Å². The van der Waals surface area contributed by atoms with Crippen molar-refractivity contribution in [2.45, 2.75) is 52.1 Å². The van der Waals surface area contributed by atoms with Gasteiger partial charge in [-0.25, -0.2) is 0 Å². The predicted molar refractivity (Wildman–Crippen MR) is 76.3 cm³/mol. The summed E-state index contributed by atoms with van der Waals surface area (Å²) in [6.07, 6.45) is 5.33. The molecule has 0 saturated heterocycles. The fourth-order valence-corrected chi connectivity index (χ4v) is 2.02. The highest BCUT2D eigenvalue weighted by atomic mass is 14.9. The number of rotatable bonds is 7. The van der Waals surface area contributed by atoms with Crippen LogP contribution in [-0.4, -0.2) is 6.04 Å². The SMILES string of the molecule is C=CCCC(C)NC(C)c1ccc(CC)cc1. The van der Waals surface area contributed by atoms with Crippen LogP contribution >= 0.6 is 0 Å². The monoisotopic (exact) mass is 231 g/mol. The molecule has 1 nitrogen and oxygen atoms in total. The van der Waals surface area contributed by atoms with Crippen LogP contribution in [0.25, 0.3) is 0 Å². The molecule has 1 heteroatoms. The summed E-state index contributed by atoms with van der Waals surface area (Å²) in [5.41, 5.74) is 2.77. The number of hydrogen-bond acceptors (Lipinski definition) is 1. The van der Waals surface area contributed by atoms with Gasteiger partial charge in [0.25, 0.3) is 0 Å². The first-order valence-corrected chi connectivity index (χ1v) is 6.63. The van der Waals surface area contributed by atoms with Crippen molar-refractivity contribution in [3.63, 3.8) is 0 Å². The van der Waals surface area contributed by atoms with Crippen molar-refractivity contribution in [2.75, 3.05) is 0 Å². The minimum Gasteiger partial charge on any atom is -0.308 e. The van der Waals surface area contributed by atoms with Gasteiger partial charge in [0.15, 0.2) is 0 Å². The number of nitrogens with one attached hydrogen (secondary N) is 1. The molecule has 0 fully saturated rings. The van der Waals surface area contributed by atoms with Gasteiger partial charge in [-0.2, -0.15) is 0 Å². The first-order chi connectivity index (χ1) is 8.17. The van der Waals surface area contributed by atoms with Crippen LogP contribution in [0, 0.1) is 0 Å². The second-order valence-electron chi connectivity index (χ2n) is 4.75. The Hall–Kier alpha value is -1.08. The van der Waals surface area contributed by atoms with Gasteiger partial charge in [-0.15, -0.1) is 6.58 Å². The van der Waals surface area contributed by atoms with Crippen molar-refractivity contribution >= 4 is 0 Å². The van der Waals surface area contributed by atoms with E-state index in [1.54, 1.807) is 0 Å². The standard InChI is InChI=1S/C16H25N/c1-5-7-8-13(3)17-14(4)16-11-9-15(6-2)10-12-16/h5,9-14,17H,1,6-8H2,2-4H3. The van der Waals surface area contributed by atoms with Gasteiger partial charge in [0, 0.05) is 12.1 Å². The molecule has 2 atom stereocenters. The van der Waals surface area contributed by atoms with Gasteiger partial charge in [-0.3, -0.25) is 0 Å². The highest BCUT2D eigenvalue weighted by Gasteiger charge is 2.08. The maximum absolute atomic E-state index is 3.76. The smallest absolute Gasteiger partial charge is 0.0294 e. The quantitative estimate of drug-likeness (QED) is 0.692. The van der Waals surface area contributed by atoms with Gasteiger partial charge in [0.05, 0.1) is 0 Å². The van der Waals surface area contributed by atoms with E-state index in [1.807, 2.05) is 6.08 Å². The largest absolute Gasteiger partial charge is 0.308 e. The van der Waals surface area contributed by atoms with Crippen LogP contribution in [0.5, 0.6) is 0 Å². The molecule has 0 heterocycles. The Bertz CT molecular complexity index is 326. The highest BCUT2D eigenvalue weighted by molar-refractivity contribution is 5.24. The van der Waals surface area contributed by atoms with E-state index in [4.69, 9.17) is 0 Å². The van der Waals surface area contributed by atoms with Gasteiger partial charge in [-0.1, -0.05) is 37.3 Å². The molecule has 0 amide bonds. The molecule has 0 aliphatic rings. The summed E-state index contributed by atoms with van der Waals surface area (Å²) in [6, 6.07) is 9.87. The Morgan fingerprint density at radius 1 is 1.24 bits per heavy atom. The average molecular weight is 231 g/mol. The van der Waals surface area contributed by atoms with Gasteiger partial charge >= 0.3 is 0 Å². The van der Waals surface area contributed by atoms with Gasteiger partial charge in [-0.05, 0) is 44.2 Å². The van der Waals surface area contributed by atoms with E-state index < -0.39 is 0 Å². The van der Waals surface area contributed by atoms with Gasteiger partial charge in [0.1, 0.15) is 0 Å². The van der Waals surface area contributed by atoms with E-state index in [9.17, 15) is 0 Å². The highest BCUT2D eigenvalue weighted by Crippen LogP contribution is 2.15. The summed E-state index contributed by atoms with van der Waals surface area (Å²) in [5, 5.41) is 3.62. The lowest BCUT2D eigenvalue weighted by molar-refractivity contribution is 0.459. The molecule has 1 aromatic carbocycles. The predicted octanol–water partition coefficient (Wildman–Crippen LogP) is 4.25. The first-order valence-electron chi connectivity index (χ1n) is 6.63. The van der Waals surface area contributed by atoms with E-state index in [-0.39, 0.29) is 0 Å². The Balaban J connectivity index is 2.50. The lowest BCUT2D eigenvalue weighted by atomic mass is 10.0. The molecule has 0 radical (unpaired) electrons. The van der Waals surface area contributed by atoms with Crippen molar-refractivity contribution in [1.29, 1.82) is 0 Å². The third kappa shape index (κ3) is 4.74. The molecule has 2 unspecified atom stereocenters. The first kappa shape index (κ1) is 14.0. The Labute approximate surface area is 106 Å². The zero-order valence-corrected chi connectivity index (χ0v) is 11.4. The molecule has 0 aliphatic carbocycles. The molecular weight excluding hydrogens is 206 g/mol. The molecular formula is C16H25N. The second kappa shape index (κ2) is 7.29. The third-order valence-electron chi connectivity index (χ3n) is 3.23. The number of benzene rings is 1. The molecule has 0 aliphatic heterocycles. The Kier molecular flexibility index (Phi) is 5.99. The summed E-state index contributed by atoms with van der Waals surface area (Å²) in [5.74, 6) is 0. The summed E-state index contributed by atoms with van der Waals surface area (Å²) < 4.78 is 0. The van der Waals surface area contributed by atoms with Crippen LogP contribution in [0.15, 0.2) is 36.9 Å². The molecule has 1 N–H and O–H groups in total. The van der Waals surface area contributed by atoms with Gasteiger partial charge in [0.2, 0.25) is 0 Å². The molecule has 94 valence electrons. The van der Waals surface area contributed by atoms with Crippen LogP contribution < -0.4 is 5.32 Å². The van der Waals surface area contributed by atoms with Gasteiger partial charge < -0.3 is 5.32 Å². The van der Waals surface area contributed by atoms with E-state index in [0.717, 1.165) is 19.3 Å². The summed E-state index contributed by atoms with van der Waals surface area (Å²) in [7, 11) is 0. The van der Waals surface area contributed by atoms with Crippen LogP contribution in [0.3, 0.4) is 0 Å². The number of hydrogen-bond donors (Lipinski definition) is 1. The van der Waals surface area contributed by atoms with E-state index in [1.165, 1.54) is 11.1 Å². The van der Waals surface area contributed by atoms with Crippen molar-refractivity contribution < 1.29 is 0 Å². The second-order valence-corrected chi connectivity index (χ2v) is 4.75. The number of allylic oxidation sites excluding steroid dienone is 1. The van der Waals surface area contributed by atoms with E-state index in [2.05, 4.69) is 56.9 Å².